The summed E-state index contributed by atoms with van der Waals surface area (Å²) in [5, 5.41) is 13.6. The Labute approximate surface area is 118 Å². The van der Waals surface area contributed by atoms with Crippen molar-refractivity contribution in [3.63, 3.8) is 0 Å². The third kappa shape index (κ3) is 3.33. The van der Waals surface area contributed by atoms with E-state index in [-0.39, 0.29) is 0 Å². The van der Waals surface area contributed by atoms with Crippen LogP contribution in [0.25, 0.3) is 0 Å². The van der Waals surface area contributed by atoms with Crippen LogP contribution in [0.2, 0.25) is 0 Å². The summed E-state index contributed by atoms with van der Waals surface area (Å²) < 4.78 is 0. The third-order valence-electron chi connectivity index (χ3n) is 3.60. The molecule has 2 aromatic rings. The number of H-pyrrole nitrogens is 1. The Hall–Kier alpha value is -1.95. The van der Waals surface area contributed by atoms with E-state index in [1.54, 1.807) is 0 Å². The lowest BCUT2D eigenvalue weighted by atomic mass is 9.94. The Morgan fingerprint density at radius 2 is 2.15 bits per heavy atom. The van der Waals surface area contributed by atoms with Gasteiger partial charge in [-0.15, -0.1) is 0 Å². The molecule has 2 aromatic heterocycles. The Balaban J connectivity index is 1.65. The van der Waals surface area contributed by atoms with Crippen molar-refractivity contribution in [1.82, 2.24) is 25.5 Å². The van der Waals surface area contributed by atoms with Crippen molar-refractivity contribution in [2.75, 3.05) is 18.4 Å². The first-order chi connectivity index (χ1) is 9.79. The monoisotopic (exact) mass is 272 g/mol. The Kier molecular flexibility index (Phi) is 3.92. The van der Waals surface area contributed by atoms with Crippen molar-refractivity contribution in [2.45, 2.75) is 26.2 Å². The Morgan fingerprint density at radius 1 is 1.30 bits per heavy atom. The predicted octanol–water partition coefficient (Wildman–Crippen LogP) is 1.79. The van der Waals surface area contributed by atoms with Gasteiger partial charge in [-0.05, 0) is 44.8 Å². The molecule has 0 atom stereocenters. The van der Waals surface area contributed by atoms with Gasteiger partial charge in [-0.2, -0.15) is 5.10 Å². The first-order valence-electron chi connectivity index (χ1n) is 7.11. The molecule has 0 bridgehead atoms. The summed E-state index contributed by atoms with van der Waals surface area (Å²) in [4.78, 5) is 8.96. The number of piperidine rings is 1. The predicted molar refractivity (Wildman–Crippen MR) is 77.9 cm³/mol. The van der Waals surface area contributed by atoms with Crippen molar-refractivity contribution in [2.24, 2.45) is 5.92 Å². The average Bonchev–Trinajstić information content (AvgIpc) is 2.86. The zero-order valence-corrected chi connectivity index (χ0v) is 11.7. The van der Waals surface area contributed by atoms with Crippen LogP contribution in [-0.2, 0) is 6.42 Å². The van der Waals surface area contributed by atoms with Gasteiger partial charge in [0.1, 0.15) is 11.6 Å². The summed E-state index contributed by atoms with van der Waals surface area (Å²) in [6.07, 6.45) is 5.18. The molecule has 0 saturated carbocycles. The van der Waals surface area contributed by atoms with Gasteiger partial charge >= 0.3 is 0 Å². The molecule has 0 amide bonds. The molecule has 3 heterocycles. The fourth-order valence-corrected chi connectivity index (χ4v) is 2.52. The highest BCUT2D eigenvalue weighted by molar-refractivity contribution is 5.50. The maximum absolute atomic E-state index is 4.57. The highest BCUT2D eigenvalue weighted by atomic mass is 15.2. The van der Waals surface area contributed by atoms with E-state index < -0.39 is 0 Å². The van der Waals surface area contributed by atoms with E-state index in [0.29, 0.717) is 5.92 Å². The van der Waals surface area contributed by atoms with Crippen molar-refractivity contribution >= 4 is 11.6 Å². The van der Waals surface area contributed by atoms with Gasteiger partial charge in [0.2, 0.25) is 0 Å². The van der Waals surface area contributed by atoms with E-state index in [1.807, 2.05) is 25.3 Å². The zero-order valence-electron chi connectivity index (χ0n) is 11.7. The number of nitrogens with one attached hydrogen (secondary N) is 3. The molecule has 0 aliphatic carbocycles. The number of aryl methyl sites for hydroxylation is 1. The summed E-state index contributed by atoms with van der Waals surface area (Å²) in [6, 6.07) is 3.82. The minimum absolute atomic E-state index is 0.694. The van der Waals surface area contributed by atoms with Gasteiger partial charge in [-0.1, -0.05) is 0 Å². The van der Waals surface area contributed by atoms with E-state index in [1.165, 1.54) is 12.8 Å². The summed E-state index contributed by atoms with van der Waals surface area (Å²) in [5.41, 5.74) is 1.02. The fourth-order valence-electron chi connectivity index (χ4n) is 2.52. The number of rotatable bonds is 4. The molecule has 1 saturated heterocycles. The van der Waals surface area contributed by atoms with Gasteiger partial charge in [-0.3, -0.25) is 5.10 Å². The van der Waals surface area contributed by atoms with Crippen LogP contribution in [0, 0.1) is 12.8 Å². The molecule has 1 aliphatic heterocycles. The van der Waals surface area contributed by atoms with Gasteiger partial charge in [0.05, 0.1) is 0 Å². The average molecular weight is 272 g/mol. The number of aromatic amines is 1. The first kappa shape index (κ1) is 13.1. The lowest BCUT2D eigenvalue weighted by molar-refractivity contribution is 0.367. The van der Waals surface area contributed by atoms with Gasteiger partial charge in [0.15, 0.2) is 5.82 Å². The summed E-state index contributed by atoms with van der Waals surface area (Å²) in [5.74, 6) is 3.19. The lowest BCUT2D eigenvalue weighted by Gasteiger charge is -2.21. The molecular formula is C14H20N6. The quantitative estimate of drug-likeness (QED) is 0.791. The SMILES string of the molecule is Cc1cc(Nc2ccnc(CC3CCNCC3)n2)n[nH]1. The molecule has 3 N–H and O–H groups in total. The van der Waals surface area contributed by atoms with Crippen LogP contribution in [0.5, 0.6) is 0 Å². The number of hydrogen-bond donors (Lipinski definition) is 3. The standard InChI is InChI=1S/C14H20N6/c1-10-8-14(20-19-10)18-12-4-7-16-13(17-12)9-11-2-5-15-6-3-11/h4,7-8,11,15H,2-3,5-6,9H2,1H3,(H2,16,17,18,19,20). The third-order valence-corrected chi connectivity index (χ3v) is 3.60. The topological polar surface area (TPSA) is 78.5 Å². The molecule has 106 valence electrons. The smallest absolute Gasteiger partial charge is 0.153 e. The summed E-state index contributed by atoms with van der Waals surface area (Å²) in [6.45, 7) is 4.19. The lowest BCUT2D eigenvalue weighted by Crippen LogP contribution is -2.29. The second-order valence-corrected chi connectivity index (χ2v) is 5.32. The number of aromatic nitrogens is 4. The van der Waals surface area contributed by atoms with Crippen LogP contribution < -0.4 is 10.6 Å². The van der Waals surface area contributed by atoms with Crippen LogP contribution in [0.15, 0.2) is 18.3 Å². The van der Waals surface area contributed by atoms with Crippen molar-refractivity contribution < 1.29 is 0 Å². The maximum Gasteiger partial charge on any atom is 0.153 e. The fraction of sp³-hybridized carbons (Fsp3) is 0.500. The summed E-state index contributed by atoms with van der Waals surface area (Å²) >= 11 is 0. The molecule has 6 heteroatoms. The van der Waals surface area contributed by atoms with E-state index in [4.69, 9.17) is 0 Å². The second kappa shape index (κ2) is 6.00. The minimum Gasteiger partial charge on any atom is -0.323 e. The number of anilines is 2. The maximum atomic E-state index is 4.57. The van der Waals surface area contributed by atoms with Crippen molar-refractivity contribution in [3.05, 3.63) is 29.8 Å². The molecule has 0 unspecified atom stereocenters. The summed E-state index contributed by atoms with van der Waals surface area (Å²) in [7, 11) is 0. The van der Waals surface area contributed by atoms with Gasteiger partial charge in [-0.25, -0.2) is 9.97 Å². The number of hydrogen-bond acceptors (Lipinski definition) is 5. The highest BCUT2D eigenvalue weighted by Crippen LogP contribution is 2.17. The van der Waals surface area contributed by atoms with Crippen LogP contribution >= 0.6 is 0 Å². The zero-order chi connectivity index (χ0) is 13.8. The number of nitrogens with zero attached hydrogens (tertiary/aromatic N) is 3. The molecule has 0 spiro atoms. The van der Waals surface area contributed by atoms with E-state index in [0.717, 1.165) is 42.7 Å². The van der Waals surface area contributed by atoms with Crippen LogP contribution in [0.4, 0.5) is 11.6 Å². The molecule has 0 aromatic carbocycles. The molecule has 1 aliphatic rings. The van der Waals surface area contributed by atoms with Crippen LogP contribution in [0.1, 0.15) is 24.4 Å². The largest absolute Gasteiger partial charge is 0.323 e. The van der Waals surface area contributed by atoms with Gasteiger partial charge < -0.3 is 10.6 Å². The van der Waals surface area contributed by atoms with Gasteiger partial charge in [0, 0.05) is 24.4 Å². The molecule has 1 fully saturated rings. The highest BCUT2D eigenvalue weighted by Gasteiger charge is 2.15. The second-order valence-electron chi connectivity index (χ2n) is 5.32. The first-order valence-corrected chi connectivity index (χ1v) is 7.11. The normalized spacial score (nSPS) is 16.2. The minimum atomic E-state index is 0.694. The van der Waals surface area contributed by atoms with E-state index in [2.05, 4.69) is 30.8 Å². The Bertz CT molecular complexity index is 558. The molecular weight excluding hydrogens is 252 g/mol. The van der Waals surface area contributed by atoms with Gasteiger partial charge in [0.25, 0.3) is 0 Å². The molecule has 3 rings (SSSR count). The van der Waals surface area contributed by atoms with Crippen molar-refractivity contribution in [1.29, 1.82) is 0 Å². The molecule has 20 heavy (non-hydrogen) atoms. The van der Waals surface area contributed by atoms with Crippen molar-refractivity contribution in [3.8, 4) is 0 Å². The van der Waals surface area contributed by atoms with Crippen LogP contribution in [-0.4, -0.2) is 33.3 Å². The van der Waals surface area contributed by atoms with E-state index in [9.17, 15) is 0 Å². The van der Waals surface area contributed by atoms with Crippen LogP contribution in [0.3, 0.4) is 0 Å². The molecule has 0 radical (unpaired) electrons. The Morgan fingerprint density at radius 3 is 2.90 bits per heavy atom. The van der Waals surface area contributed by atoms with E-state index >= 15 is 0 Å². The molecule has 6 nitrogen and oxygen atoms in total.